The van der Waals surface area contributed by atoms with Crippen LogP contribution in [0.4, 0.5) is 0 Å². The van der Waals surface area contributed by atoms with Gasteiger partial charge >= 0.3 is 0 Å². The molecule has 1 aliphatic heterocycles. The monoisotopic (exact) mass is 247 g/mol. The highest BCUT2D eigenvalue weighted by molar-refractivity contribution is 5.04. The van der Waals surface area contributed by atoms with E-state index in [0.29, 0.717) is 6.04 Å². The van der Waals surface area contributed by atoms with Gasteiger partial charge in [-0.25, -0.2) is 4.98 Å². The number of piperidine rings is 1. The molecule has 2 aromatic heterocycles. The summed E-state index contributed by atoms with van der Waals surface area (Å²) in [6.07, 6.45) is 5.14. The number of aryl methyl sites for hydroxylation is 1. The fraction of sp³-hybridized carbons (Fsp3) is 0.583. The van der Waals surface area contributed by atoms with Crippen LogP contribution in [-0.4, -0.2) is 31.8 Å². The molecule has 18 heavy (non-hydrogen) atoms. The van der Waals surface area contributed by atoms with Gasteiger partial charge in [0, 0.05) is 6.07 Å². The van der Waals surface area contributed by atoms with Gasteiger partial charge in [0.15, 0.2) is 5.76 Å². The summed E-state index contributed by atoms with van der Waals surface area (Å²) in [4.78, 5) is 6.66. The smallest absolute Gasteiger partial charge is 0.150 e. The Bertz CT molecular complexity index is 492. The van der Waals surface area contributed by atoms with Crippen LogP contribution in [0.25, 0.3) is 0 Å². The molecular formula is C12H17N5O. The SMILES string of the molecule is Cc1cc(CN2CCCCC2c2ncn[nH]2)on1. The van der Waals surface area contributed by atoms with Crippen molar-refractivity contribution in [2.75, 3.05) is 6.54 Å². The zero-order valence-corrected chi connectivity index (χ0v) is 10.5. The summed E-state index contributed by atoms with van der Waals surface area (Å²) in [5.41, 5.74) is 0.929. The lowest BCUT2D eigenvalue weighted by atomic mass is 10.0. The van der Waals surface area contributed by atoms with Crippen LogP contribution in [0, 0.1) is 6.92 Å². The molecule has 0 bridgehead atoms. The lowest BCUT2D eigenvalue weighted by molar-refractivity contribution is 0.120. The predicted octanol–water partition coefficient (Wildman–Crippen LogP) is 1.83. The molecule has 1 fully saturated rings. The van der Waals surface area contributed by atoms with Crippen LogP contribution in [0.5, 0.6) is 0 Å². The van der Waals surface area contributed by atoms with Gasteiger partial charge < -0.3 is 4.52 Å². The Hall–Kier alpha value is -1.69. The highest BCUT2D eigenvalue weighted by Crippen LogP contribution is 2.29. The third kappa shape index (κ3) is 2.28. The summed E-state index contributed by atoms with van der Waals surface area (Å²) in [5.74, 6) is 1.87. The minimum absolute atomic E-state index is 0.312. The average Bonchev–Trinajstić information content (AvgIpc) is 3.02. The molecule has 96 valence electrons. The molecule has 1 unspecified atom stereocenters. The highest BCUT2D eigenvalue weighted by atomic mass is 16.5. The van der Waals surface area contributed by atoms with E-state index in [1.54, 1.807) is 6.33 Å². The first-order valence-electron chi connectivity index (χ1n) is 6.34. The predicted molar refractivity (Wildman–Crippen MR) is 64.6 cm³/mol. The first-order valence-corrected chi connectivity index (χ1v) is 6.34. The fourth-order valence-electron chi connectivity index (χ4n) is 2.56. The van der Waals surface area contributed by atoms with E-state index in [9.17, 15) is 0 Å². The van der Waals surface area contributed by atoms with Gasteiger partial charge in [0.25, 0.3) is 0 Å². The number of rotatable bonds is 3. The minimum Gasteiger partial charge on any atom is -0.360 e. The molecule has 0 aliphatic carbocycles. The summed E-state index contributed by atoms with van der Waals surface area (Å²) < 4.78 is 5.29. The quantitative estimate of drug-likeness (QED) is 0.896. The molecule has 0 spiro atoms. The molecule has 6 heteroatoms. The molecule has 3 heterocycles. The number of nitrogens with one attached hydrogen (secondary N) is 1. The number of hydrogen-bond acceptors (Lipinski definition) is 5. The Morgan fingerprint density at radius 2 is 2.44 bits per heavy atom. The maximum atomic E-state index is 5.29. The number of H-pyrrole nitrogens is 1. The van der Waals surface area contributed by atoms with Crippen molar-refractivity contribution >= 4 is 0 Å². The van der Waals surface area contributed by atoms with Gasteiger partial charge in [-0.3, -0.25) is 10.00 Å². The molecule has 0 aromatic carbocycles. The van der Waals surface area contributed by atoms with Gasteiger partial charge in [-0.1, -0.05) is 11.6 Å². The third-order valence-corrected chi connectivity index (χ3v) is 3.40. The van der Waals surface area contributed by atoms with Gasteiger partial charge in [-0.15, -0.1) is 0 Å². The summed E-state index contributed by atoms with van der Waals surface area (Å²) in [6.45, 7) is 3.79. The summed E-state index contributed by atoms with van der Waals surface area (Å²) in [6, 6.07) is 2.30. The van der Waals surface area contributed by atoms with Crippen LogP contribution < -0.4 is 0 Å². The van der Waals surface area contributed by atoms with Crippen molar-refractivity contribution < 1.29 is 4.52 Å². The zero-order valence-electron chi connectivity index (χ0n) is 10.5. The van der Waals surface area contributed by atoms with Crippen molar-refractivity contribution in [3.05, 3.63) is 29.7 Å². The fourth-order valence-corrected chi connectivity index (χ4v) is 2.56. The van der Waals surface area contributed by atoms with Crippen molar-refractivity contribution in [2.45, 2.75) is 38.8 Å². The topological polar surface area (TPSA) is 70.8 Å². The van der Waals surface area contributed by atoms with Gasteiger partial charge in [0.2, 0.25) is 0 Å². The number of aromatic amines is 1. The largest absolute Gasteiger partial charge is 0.360 e. The maximum absolute atomic E-state index is 5.29. The van der Waals surface area contributed by atoms with Gasteiger partial charge in [0.05, 0.1) is 18.3 Å². The molecule has 0 radical (unpaired) electrons. The van der Waals surface area contributed by atoms with E-state index < -0.39 is 0 Å². The molecule has 0 saturated carbocycles. The van der Waals surface area contributed by atoms with Crippen molar-refractivity contribution in [2.24, 2.45) is 0 Å². The molecule has 1 N–H and O–H groups in total. The molecule has 6 nitrogen and oxygen atoms in total. The third-order valence-electron chi connectivity index (χ3n) is 3.40. The Morgan fingerprint density at radius 3 is 3.17 bits per heavy atom. The lowest BCUT2D eigenvalue weighted by Crippen LogP contribution is -2.33. The zero-order chi connectivity index (χ0) is 12.4. The van der Waals surface area contributed by atoms with E-state index in [1.165, 1.54) is 12.8 Å². The molecule has 2 aromatic rings. The van der Waals surface area contributed by atoms with Crippen LogP contribution in [0.3, 0.4) is 0 Å². The van der Waals surface area contributed by atoms with Crippen molar-refractivity contribution in [1.29, 1.82) is 0 Å². The average molecular weight is 247 g/mol. The molecule has 1 saturated heterocycles. The summed E-state index contributed by atoms with van der Waals surface area (Å²) >= 11 is 0. The van der Waals surface area contributed by atoms with Gasteiger partial charge in [0.1, 0.15) is 12.2 Å². The summed E-state index contributed by atoms with van der Waals surface area (Å²) in [7, 11) is 0. The Labute approximate surface area is 105 Å². The molecule has 3 rings (SSSR count). The van der Waals surface area contributed by atoms with Gasteiger partial charge in [-0.05, 0) is 26.3 Å². The van der Waals surface area contributed by atoms with E-state index >= 15 is 0 Å². The molecule has 0 amide bonds. The van der Waals surface area contributed by atoms with Gasteiger partial charge in [-0.2, -0.15) is 5.10 Å². The van der Waals surface area contributed by atoms with Crippen LogP contribution in [0.15, 0.2) is 16.9 Å². The number of nitrogens with zero attached hydrogens (tertiary/aromatic N) is 4. The van der Waals surface area contributed by atoms with Crippen LogP contribution in [0.1, 0.15) is 42.6 Å². The Kier molecular flexibility index (Phi) is 3.10. The Balaban J connectivity index is 1.76. The lowest BCUT2D eigenvalue weighted by Gasteiger charge is -2.33. The van der Waals surface area contributed by atoms with E-state index in [0.717, 1.165) is 36.8 Å². The first-order chi connectivity index (χ1) is 8.83. The maximum Gasteiger partial charge on any atom is 0.150 e. The standard InChI is InChI=1S/C12H17N5O/c1-9-6-10(18-16-9)7-17-5-3-2-4-11(17)12-13-8-14-15-12/h6,8,11H,2-5,7H2,1H3,(H,13,14,15). The second-order valence-electron chi connectivity index (χ2n) is 4.79. The van der Waals surface area contributed by atoms with Crippen molar-refractivity contribution in [3.63, 3.8) is 0 Å². The second kappa shape index (κ2) is 4.89. The van der Waals surface area contributed by atoms with Crippen molar-refractivity contribution in [3.8, 4) is 0 Å². The molecular weight excluding hydrogens is 230 g/mol. The highest BCUT2D eigenvalue weighted by Gasteiger charge is 2.26. The Morgan fingerprint density at radius 1 is 1.50 bits per heavy atom. The normalized spacial score (nSPS) is 21.3. The van der Waals surface area contributed by atoms with Crippen LogP contribution in [0.2, 0.25) is 0 Å². The number of likely N-dealkylation sites (tertiary alicyclic amines) is 1. The van der Waals surface area contributed by atoms with Crippen LogP contribution >= 0.6 is 0 Å². The first kappa shape index (κ1) is 11.4. The number of hydrogen-bond donors (Lipinski definition) is 1. The van der Waals surface area contributed by atoms with Crippen LogP contribution in [-0.2, 0) is 6.54 Å². The second-order valence-corrected chi connectivity index (χ2v) is 4.79. The van der Waals surface area contributed by atoms with E-state index in [4.69, 9.17) is 4.52 Å². The van der Waals surface area contributed by atoms with Crippen molar-refractivity contribution in [1.82, 2.24) is 25.2 Å². The summed E-state index contributed by atoms with van der Waals surface area (Å²) in [5, 5.41) is 10.9. The van der Waals surface area contributed by atoms with E-state index in [-0.39, 0.29) is 0 Å². The minimum atomic E-state index is 0.312. The molecule has 1 atom stereocenters. The molecule has 1 aliphatic rings. The number of aromatic nitrogens is 4. The van der Waals surface area contributed by atoms with E-state index in [1.807, 2.05) is 13.0 Å². The van der Waals surface area contributed by atoms with E-state index in [2.05, 4.69) is 25.2 Å².